The van der Waals surface area contributed by atoms with Gasteiger partial charge in [0.15, 0.2) is 11.0 Å². The highest BCUT2D eigenvalue weighted by Crippen LogP contribution is 2.28. The molecule has 0 bridgehead atoms. The fourth-order valence-electron chi connectivity index (χ4n) is 3.52. The van der Waals surface area contributed by atoms with Gasteiger partial charge in [-0.3, -0.25) is 14.3 Å². The quantitative estimate of drug-likeness (QED) is 0.368. The number of thioether (sulfide) groups is 1. The van der Waals surface area contributed by atoms with Crippen molar-refractivity contribution in [2.24, 2.45) is 0 Å². The zero-order chi connectivity index (χ0) is 22.6. The van der Waals surface area contributed by atoms with Gasteiger partial charge in [0, 0.05) is 29.2 Å². The maximum Gasteiger partial charge on any atom is 0.234 e. The molecule has 5 rings (SSSR count). The Morgan fingerprint density at radius 1 is 0.970 bits per heavy atom. The van der Waals surface area contributed by atoms with Crippen LogP contribution in [0.25, 0.3) is 28.0 Å². The molecule has 0 atom stereocenters. The molecular formula is C25H20N6OS. The zero-order valence-corrected chi connectivity index (χ0v) is 18.7. The van der Waals surface area contributed by atoms with Crippen LogP contribution in [0.2, 0.25) is 0 Å². The Balaban J connectivity index is 1.41. The van der Waals surface area contributed by atoms with E-state index in [0.29, 0.717) is 16.7 Å². The average molecular weight is 453 g/mol. The molecule has 3 aromatic carbocycles. The second-order valence-corrected chi connectivity index (χ2v) is 8.37. The Bertz CT molecular complexity index is 1410. The van der Waals surface area contributed by atoms with Crippen molar-refractivity contribution in [1.29, 1.82) is 0 Å². The van der Waals surface area contributed by atoms with Crippen molar-refractivity contribution >= 4 is 34.1 Å². The van der Waals surface area contributed by atoms with Gasteiger partial charge in [0.05, 0.1) is 11.9 Å². The van der Waals surface area contributed by atoms with E-state index >= 15 is 0 Å². The fraction of sp³-hybridized carbons (Fsp3) is 0.0800. The van der Waals surface area contributed by atoms with Gasteiger partial charge in [0.25, 0.3) is 0 Å². The minimum absolute atomic E-state index is 0.115. The summed E-state index contributed by atoms with van der Waals surface area (Å²) in [6.07, 6.45) is 4.88. The molecule has 0 saturated heterocycles. The molecule has 2 heterocycles. The summed E-state index contributed by atoms with van der Waals surface area (Å²) >= 11 is 1.32. The summed E-state index contributed by atoms with van der Waals surface area (Å²) in [7, 11) is 0. The first-order valence-corrected chi connectivity index (χ1v) is 11.4. The van der Waals surface area contributed by atoms with Crippen LogP contribution in [0.5, 0.6) is 0 Å². The lowest BCUT2D eigenvalue weighted by Crippen LogP contribution is -2.14. The molecule has 0 radical (unpaired) electrons. The van der Waals surface area contributed by atoms with Crippen molar-refractivity contribution in [2.75, 3.05) is 11.1 Å². The molecule has 33 heavy (non-hydrogen) atoms. The molecule has 0 spiro atoms. The van der Waals surface area contributed by atoms with Crippen LogP contribution in [0, 0.1) is 6.92 Å². The number of benzene rings is 3. The highest BCUT2D eigenvalue weighted by atomic mass is 32.2. The molecule has 0 unspecified atom stereocenters. The standard InChI is InChI=1S/C25H20N6OS/c1-17-9-11-19(12-10-17)31-24(22-15-26-13-14-27-22)29-30-25(31)33-16-23(32)28-21-8-4-6-18-5-2-3-7-20(18)21/h2-15H,16H2,1H3,(H,28,32). The van der Waals surface area contributed by atoms with Gasteiger partial charge >= 0.3 is 0 Å². The number of hydrogen-bond donors (Lipinski definition) is 1. The summed E-state index contributed by atoms with van der Waals surface area (Å²) in [4.78, 5) is 21.3. The Morgan fingerprint density at radius 2 is 1.79 bits per heavy atom. The first-order valence-electron chi connectivity index (χ1n) is 10.4. The summed E-state index contributed by atoms with van der Waals surface area (Å²) in [5, 5.41) is 14.4. The molecule has 2 aromatic heterocycles. The van der Waals surface area contributed by atoms with E-state index in [1.807, 2.05) is 78.2 Å². The lowest BCUT2D eigenvalue weighted by molar-refractivity contribution is -0.113. The highest BCUT2D eigenvalue weighted by molar-refractivity contribution is 7.99. The predicted octanol–water partition coefficient (Wildman–Crippen LogP) is 4.92. The van der Waals surface area contributed by atoms with Gasteiger partial charge in [-0.05, 0) is 30.5 Å². The number of hydrogen-bond acceptors (Lipinski definition) is 6. The van der Waals surface area contributed by atoms with Gasteiger partial charge < -0.3 is 5.32 Å². The Kier molecular flexibility index (Phi) is 5.82. The zero-order valence-electron chi connectivity index (χ0n) is 17.8. The minimum Gasteiger partial charge on any atom is -0.325 e. The van der Waals surface area contributed by atoms with Crippen LogP contribution in [0.1, 0.15) is 5.56 Å². The SMILES string of the molecule is Cc1ccc(-n2c(SCC(=O)Nc3cccc4ccccc34)nnc2-c2cnccn2)cc1. The van der Waals surface area contributed by atoms with Crippen molar-refractivity contribution in [1.82, 2.24) is 24.7 Å². The molecule has 0 fully saturated rings. The first kappa shape index (κ1) is 20.8. The maximum absolute atomic E-state index is 12.8. The molecule has 7 nitrogen and oxygen atoms in total. The average Bonchev–Trinajstić information content (AvgIpc) is 3.28. The van der Waals surface area contributed by atoms with E-state index in [9.17, 15) is 4.79 Å². The molecular weight excluding hydrogens is 432 g/mol. The third-order valence-corrected chi connectivity index (χ3v) is 6.04. The van der Waals surface area contributed by atoms with Gasteiger partial charge in [-0.15, -0.1) is 10.2 Å². The molecule has 0 saturated carbocycles. The number of carbonyl (C=O) groups is 1. The number of nitrogens with one attached hydrogen (secondary N) is 1. The minimum atomic E-state index is -0.115. The van der Waals surface area contributed by atoms with E-state index < -0.39 is 0 Å². The Morgan fingerprint density at radius 3 is 2.61 bits per heavy atom. The van der Waals surface area contributed by atoms with Gasteiger partial charge in [-0.2, -0.15) is 0 Å². The summed E-state index contributed by atoms with van der Waals surface area (Å²) in [5.74, 6) is 0.646. The van der Waals surface area contributed by atoms with Crippen molar-refractivity contribution in [2.45, 2.75) is 12.1 Å². The summed E-state index contributed by atoms with van der Waals surface area (Å²) < 4.78 is 1.90. The molecule has 5 aromatic rings. The maximum atomic E-state index is 12.8. The van der Waals surface area contributed by atoms with Crippen LogP contribution in [-0.2, 0) is 4.79 Å². The van der Waals surface area contributed by atoms with Crippen LogP contribution in [0.4, 0.5) is 5.69 Å². The second-order valence-electron chi connectivity index (χ2n) is 7.43. The number of amides is 1. The lowest BCUT2D eigenvalue weighted by Gasteiger charge is -2.11. The number of aromatic nitrogens is 5. The highest BCUT2D eigenvalue weighted by Gasteiger charge is 2.18. The number of anilines is 1. The van der Waals surface area contributed by atoms with Crippen LogP contribution in [-0.4, -0.2) is 36.4 Å². The predicted molar refractivity (Wildman–Crippen MR) is 130 cm³/mol. The summed E-state index contributed by atoms with van der Waals surface area (Å²) in [6, 6.07) is 21.9. The third kappa shape index (κ3) is 4.47. The summed E-state index contributed by atoms with van der Waals surface area (Å²) in [5.41, 5.74) is 3.44. The van der Waals surface area contributed by atoms with Gasteiger partial charge in [0.1, 0.15) is 5.69 Å². The van der Waals surface area contributed by atoms with Gasteiger partial charge in [-0.1, -0.05) is 65.9 Å². The first-order chi connectivity index (χ1) is 16.2. The van der Waals surface area contributed by atoms with Crippen molar-refractivity contribution in [3.63, 3.8) is 0 Å². The van der Waals surface area contributed by atoms with Crippen LogP contribution in [0.3, 0.4) is 0 Å². The Labute approximate surface area is 194 Å². The van der Waals surface area contributed by atoms with Crippen molar-refractivity contribution in [3.8, 4) is 17.2 Å². The van der Waals surface area contributed by atoms with E-state index in [1.165, 1.54) is 11.8 Å². The number of rotatable bonds is 6. The number of fused-ring (bicyclic) bond motifs is 1. The topological polar surface area (TPSA) is 85.6 Å². The molecule has 162 valence electrons. The number of nitrogens with zero attached hydrogens (tertiary/aromatic N) is 5. The van der Waals surface area contributed by atoms with Crippen LogP contribution in [0.15, 0.2) is 90.5 Å². The van der Waals surface area contributed by atoms with E-state index in [1.54, 1.807) is 18.6 Å². The second kappa shape index (κ2) is 9.22. The fourth-order valence-corrected chi connectivity index (χ4v) is 4.27. The van der Waals surface area contributed by atoms with E-state index in [-0.39, 0.29) is 11.7 Å². The van der Waals surface area contributed by atoms with Gasteiger partial charge in [0.2, 0.25) is 5.91 Å². The van der Waals surface area contributed by atoms with Crippen LogP contribution < -0.4 is 5.32 Å². The third-order valence-electron chi connectivity index (χ3n) is 5.11. The van der Waals surface area contributed by atoms with Crippen molar-refractivity contribution < 1.29 is 4.79 Å². The van der Waals surface area contributed by atoms with Gasteiger partial charge in [-0.25, -0.2) is 4.98 Å². The normalized spacial score (nSPS) is 10.9. The summed E-state index contributed by atoms with van der Waals surface area (Å²) in [6.45, 7) is 2.03. The molecule has 0 aliphatic rings. The van der Waals surface area contributed by atoms with E-state index in [4.69, 9.17) is 0 Å². The lowest BCUT2D eigenvalue weighted by atomic mass is 10.1. The number of aryl methyl sites for hydroxylation is 1. The molecule has 8 heteroatoms. The molecule has 1 N–H and O–H groups in total. The monoisotopic (exact) mass is 452 g/mol. The molecule has 0 aliphatic carbocycles. The van der Waals surface area contributed by atoms with Crippen molar-refractivity contribution in [3.05, 3.63) is 90.9 Å². The molecule has 0 aliphatic heterocycles. The smallest absolute Gasteiger partial charge is 0.234 e. The molecule has 1 amide bonds. The number of carbonyl (C=O) groups excluding carboxylic acids is 1. The largest absolute Gasteiger partial charge is 0.325 e. The Hall–Kier alpha value is -4.04. The van der Waals surface area contributed by atoms with E-state index in [2.05, 4.69) is 25.5 Å². The van der Waals surface area contributed by atoms with Crippen LogP contribution >= 0.6 is 11.8 Å². The van der Waals surface area contributed by atoms with E-state index in [0.717, 1.165) is 27.7 Å².